The molecule has 11 heteroatoms. The van der Waals surface area contributed by atoms with Crippen LogP contribution in [0.15, 0.2) is 48.9 Å². The number of fused-ring (bicyclic) bond motifs is 1. The van der Waals surface area contributed by atoms with E-state index in [-0.39, 0.29) is 36.1 Å². The van der Waals surface area contributed by atoms with Crippen molar-refractivity contribution in [3.8, 4) is 11.3 Å². The van der Waals surface area contributed by atoms with Crippen molar-refractivity contribution in [2.45, 2.75) is 25.0 Å². The van der Waals surface area contributed by atoms with Crippen molar-refractivity contribution in [3.05, 3.63) is 66.1 Å². The number of nitrogens with zero attached hydrogens (tertiary/aromatic N) is 5. The highest BCUT2D eigenvalue weighted by molar-refractivity contribution is 5.74. The van der Waals surface area contributed by atoms with Crippen molar-refractivity contribution in [3.63, 3.8) is 0 Å². The molecule has 0 spiro atoms. The first-order chi connectivity index (χ1) is 17.8. The van der Waals surface area contributed by atoms with Crippen LogP contribution in [0.1, 0.15) is 18.9 Å². The molecule has 192 valence electrons. The first-order valence-electron chi connectivity index (χ1n) is 12.2. The Bertz CT molecular complexity index is 1440. The number of pyridine rings is 1. The maximum atomic E-state index is 15.1. The smallest absolute Gasteiger partial charge is 0.229 e. The van der Waals surface area contributed by atoms with E-state index in [2.05, 4.69) is 32.2 Å². The lowest BCUT2D eigenvalue weighted by Gasteiger charge is -2.37. The number of nitrogens with two attached hydrogens (primary N) is 1. The summed E-state index contributed by atoms with van der Waals surface area (Å²) in [6, 6.07) is 7.49. The lowest BCUT2D eigenvalue weighted by atomic mass is 9.90. The van der Waals surface area contributed by atoms with Gasteiger partial charge in [-0.15, -0.1) is 0 Å². The molecule has 4 aromatic rings. The van der Waals surface area contributed by atoms with E-state index in [1.54, 1.807) is 24.7 Å². The van der Waals surface area contributed by atoms with Crippen molar-refractivity contribution in [1.82, 2.24) is 19.6 Å². The number of benzene rings is 1. The van der Waals surface area contributed by atoms with Crippen LogP contribution in [-0.4, -0.2) is 57.0 Å². The van der Waals surface area contributed by atoms with Gasteiger partial charge < -0.3 is 25.8 Å². The van der Waals surface area contributed by atoms with Crippen LogP contribution in [0.3, 0.4) is 0 Å². The fourth-order valence-corrected chi connectivity index (χ4v) is 5.13. The van der Waals surface area contributed by atoms with Gasteiger partial charge in [-0.25, -0.2) is 13.8 Å². The van der Waals surface area contributed by atoms with Gasteiger partial charge >= 0.3 is 0 Å². The van der Waals surface area contributed by atoms with Crippen molar-refractivity contribution < 1.29 is 18.6 Å². The fourth-order valence-electron chi connectivity index (χ4n) is 5.13. The Labute approximate surface area is 211 Å². The molecule has 2 atom stereocenters. The molecule has 37 heavy (non-hydrogen) atoms. The summed E-state index contributed by atoms with van der Waals surface area (Å²) in [4.78, 5) is 10.9. The van der Waals surface area contributed by atoms with Gasteiger partial charge in [0.2, 0.25) is 5.95 Å². The number of aromatic nitrogens is 4. The number of rotatable bonds is 5. The third kappa shape index (κ3) is 4.28. The Morgan fingerprint density at radius 1 is 1.14 bits per heavy atom. The summed E-state index contributed by atoms with van der Waals surface area (Å²) >= 11 is 0. The molecule has 0 aliphatic carbocycles. The number of hydrogen-bond acceptors (Lipinski definition) is 8. The Morgan fingerprint density at radius 2 is 1.92 bits per heavy atom. The number of halogens is 2. The van der Waals surface area contributed by atoms with E-state index in [1.165, 1.54) is 10.6 Å². The number of ether oxygens (including phenoxy) is 1. The lowest BCUT2D eigenvalue weighted by Crippen LogP contribution is -2.46. The summed E-state index contributed by atoms with van der Waals surface area (Å²) in [6.45, 7) is 3.77. The molecule has 0 radical (unpaired) electrons. The van der Waals surface area contributed by atoms with Gasteiger partial charge in [-0.05, 0) is 48.2 Å². The molecule has 2 aliphatic heterocycles. The zero-order chi connectivity index (χ0) is 25.7. The summed E-state index contributed by atoms with van der Waals surface area (Å²) in [6.07, 6.45) is 6.03. The van der Waals surface area contributed by atoms with Gasteiger partial charge in [-0.1, -0.05) is 6.92 Å². The zero-order valence-electron chi connectivity index (χ0n) is 20.2. The quantitative estimate of drug-likeness (QED) is 0.378. The number of nitrogens with one attached hydrogen (secondary N) is 1. The van der Waals surface area contributed by atoms with Gasteiger partial charge in [0, 0.05) is 25.3 Å². The molecule has 0 bridgehead atoms. The van der Waals surface area contributed by atoms with Gasteiger partial charge in [0.05, 0.1) is 53.8 Å². The van der Waals surface area contributed by atoms with E-state index >= 15 is 8.78 Å². The first kappa shape index (κ1) is 23.7. The summed E-state index contributed by atoms with van der Waals surface area (Å²) in [5.41, 5.74) is 7.14. The molecule has 3 aromatic heterocycles. The highest BCUT2D eigenvalue weighted by atomic mass is 19.1. The van der Waals surface area contributed by atoms with Gasteiger partial charge in [-0.3, -0.25) is 4.98 Å². The number of imidazole rings is 1. The van der Waals surface area contributed by atoms with E-state index in [1.807, 2.05) is 6.07 Å². The van der Waals surface area contributed by atoms with Gasteiger partial charge in [0.1, 0.15) is 17.2 Å². The van der Waals surface area contributed by atoms with Crippen molar-refractivity contribution >= 4 is 22.8 Å². The first-order valence-corrected chi connectivity index (χ1v) is 12.2. The largest absolute Gasteiger partial charge is 0.380 e. The lowest BCUT2D eigenvalue weighted by molar-refractivity contribution is -0.184. The number of anilines is 3. The van der Waals surface area contributed by atoms with Crippen LogP contribution in [0.25, 0.3) is 16.8 Å². The molecular weight excluding hydrogens is 480 g/mol. The fraction of sp³-hybridized carbons (Fsp3) is 0.346. The van der Waals surface area contributed by atoms with Gasteiger partial charge in [0.25, 0.3) is 0 Å². The molecule has 9 nitrogen and oxygen atoms in total. The van der Waals surface area contributed by atoms with Crippen LogP contribution in [-0.2, 0) is 10.3 Å². The molecular formula is C26H27F2N7O2. The monoisotopic (exact) mass is 507 g/mol. The summed E-state index contributed by atoms with van der Waals surface area (Å²) in [5, 5.41) is 18.2. The highest BCUT2D eigenvalue weighted by Gasteiger charge is 2.39. The average Bonchev–Trinajstić information content (AvgIpc) is 3.24. The molecule has 2 aliphatic rings. The molecule has 5 heterocycles. The van der Waals surface area contributed by atoms with Crippen LogP contribution < -0.4 is 16.0 Å². The third-order valence-corrected chi connectivity index (χ3v) is 6.98. The number of aliphatic hydroxyl groups is 1. The Morgan fingerprint density at radius 3 is 2.62 bits per heavy atom. The van der Waals surface area contributed by atoms with E-state index in [4.69, 9.17) is 10.5 Å². The molecule has 0 amide bonds. The standard InChI is InChI=1S/C26H27F2N7O2/c1-15-6-17(29)12-34(11-15)23-4-5-30-10-22(23)32-25-31-9-18-2-3-21(33-35(18)25)24-19(27)7-16(8-20(24)28)26(36)13-37-14-26/h2-5,7-10,15,17,36H,6,11-14,29H2,1H3,(H,31,32). The molecule has 0 saturated carbocycles. The number of hydrogen-bond donors (Lipinski definition) is 3. The van der Waals surface area contributed by atoms with Gasteiger partial charge in [-0.2, -0.15) is 9.61 Å². The van der Waals surface area contributed by atoms with Crippen molar-refractivity contribution in [2.75, 3.05) is 36.5 Å². The van der Waals surface area contributed by atoms with Crippen molar-refractivity contribution in [1.29, 1.82) is 0 Å². The van der Waals surface area contributed by atoms with E-state index in [9.17, 15) is 5.11 Å². The minimum absolute atomic E-state index is 0.00187. The molecule has 4 N–H and O–H groups in total. The molecule has 6 rings (SSSR count). The average molecular weight is 508 g/mol. The van der Waals surface area contributed by atoms with Crippen LogP contribution in [0.5, 0.6) is 0 Å². The second kappa shape index (κ2) is 9.02. The topological polar surface area (TPSA) is 114 Å². The molecule has 1 aromatic carbocycles. The summed E-state index contributed by atoms with van der Waals surface area (Å²) in [5.74, 6) is -0.808. The van der Waals surface area contributed by atoms with Crippen LogP contribution in [0.4, 0.5) is 26.1 Å². The van der Waals surface area contributed by atoms with E-state index < -0.39 is 17.2 Å². The Kier molecular flexibility index (Phi) is 5.78. The number of piperidine rings is 1. The molecule has 2 unspecified atom stereocenters. The maximum absolute atomic E-state index is 15.1. The second-order valence-corrected chi connectivity index (χ2v) is 10.0. The third-order valence-electron chi connectivity index (χ3n) is 6.98. The predicted molar refractivity (Wildman–Crippen MR) is 135 cm³/mol. The van der Waals surface area contributed by atoms with Crippen LogP contribution in [0, 0.1) is 17.6 Å². The van der Waals surface area contributed by atoms with Gasteiger partial charge in [0.15, 0.2) is 0 Å². The molecule has 2 saturated heterocycles. The summed E-state index contributed by atoms with van der Waals surface area (Å²) < 4.78 is 36.7. The van der Waals surface area contributed by atoms with E-state index in [0.29, 0.717) is 17.4 Å². The van der Waals surface area contributed by atoms with Crippen molar-refractivity contribution in [2.24, 2.45) is 11.7 Å². The van der Waals surface area contributed by atoms with Crippen LogP contribution >= 0.6 is 0 Å². The maximum Gasteiger partial charge on any atom is 0.229 e. The highest BCUT2D eigenvalue weighted by Crippen LogP contribution is 2.35. The minimum atomic E-state index is -1.38. The Balaban J connectivity index is 1.35. The Hall–Kier alpha value is -3.67. The predicted octanol–water partition coefficient (Wildman–Crippen LogP) is 3.20. The SMILES string of the molecule is CC1CC(N)CN(c2ccncc2Nc2ncc3ccc(-c4c(F)cc(C5(O)COC5)cc4F)nn23)C1. The van der Waals surface area contributed by atoms with E-state index in [0.717, 1.165) is 43.0 Å². The second-order valence-electron chi connectivity index (χ2n) is 10.0. The summed E-state index contributed by atoms with van der Waals surface area (Å²) in [7, 11) is 0. The molecule has 2 fully saturated rings. The zero-order valence-corrected chi connectivity index (χ0v) is 20.2. The minimum Gasteiger partial charge on any atom is -0.380 e. The van der Waals surface area contributed by atoms with Crippen LogP contribution in [0.2, 0.25) is 0 Å². The normalized spacial score (nSPS) is 21.2.